The fourth-order valence-corrected chi connectivity index (χ4v) is 3.77. The van der Waals surface area contributed by atoms with Gasteiger partial charge in [-0.05, 0) is 29.7 Å². The Balaban J connectivity index is 1.78. The van der Waals surface area contributed by atoms with E-state index in [1.165, 1.54) is 0 Å². The van der Waals surface area contributed by atoms with Crippen molar-refractivity contribution in [2.24, 2.45) is 0 Å². The summed E-state index contributed by atoms with van der Waals surface area (Å²) < 4.78 is 1.15. The molecule has 0 atom stereocenters. The van der Waals surface area contributed by atoms with Gasteiger partial charge < -0.3 is 0 Å². The van der Waals surface area contributed by atoms with Crippen molar-refractivity contribution in [1.29, 1.82) is 0 Å². The molecule has 3 aromatic carbocycles. The Morgan fingerprint density at radius 1 is 0.793 bits per heavy atom. The van der Waals surface area contributed by atoms with Crippen LogP contribution < -0.4 is 11.2 Å². The van der Waals surface area contributed by atoms with E-state index in [0.717, 1.165) is 20.9 Å². The lowest BCUT2D eigenvalue weighted by Crippen LogP contribution is -2.34. The normalized spacial score (nSPS) is 11.2. The Bertz CT molecular complexity index is 1510. The number of aromatic nitrogens is 3. The third-order valence-electron chi connectivity index (χ3n) is 4.91. The molecule has 0 aliphatic rings. The topological polar surface area (TPSA) is 67.8 Å². The maximum atomic E-state index is 13.2. The molecule has 5 rings (SSSR count). The van der Waals surface area contributed by atoms with E-state index in [9.17, 15) is 9.59 Å². The fraction of sp³-hybridized carbons (Fsp3) is 0. The highest BCUT2D eigenvalue weighted by molar-refractivity contribution is 6.33. The molecular weight excluding hydrogens is 386 g/mol. The molecule has 1 N–H and O–H groups in total. The second kappa shape index (κ2) is 6.72. The van der Waals surface area contributed by atoms with E-state index in [-0.39, 0.29) is 5.65 Å². The highest BCUT2D eigenvalue weighted by atomic mass is 35.5. The van der Waals surface area contributed by atoms with Gasteiger partial charge in [-0.15, -0.1) is 0 Å². The molecule has 0 saturated heterocycles. The SMILES string of the molecule is O=c1[nH]c2nc(-c3ccccc3Cl)ccc2c(=O)n1-c1cccc2ccccc12. The fourth-order valence-electron chi connectivity index (χ4n) is 3.54. The first-order valence-corrected chi connectivity index (χ1v) is 9.40. The molecule has 5 nitrogen and oxygen atoms in total. The number of fused-ring (bicyclic) bond motifs is 2. The minimum Gasteiger partial charge on any atom is -0.291 e. The highest BCUT2D eigenvalue weighted by Gasteiger charge is 2.14. The number of nitrogens with zero attached hydrogens (tertiary/aromatic N) is 2. The first kappa shape index (κ1) is 17.4. The highest BCUT2D eigenvalue weighted by Crippen LogP contribution is 2.26. The first-order chi connectivity index (χ1) is 14.1. The van der Waals surface area contributed by atoms with Gasteiger partial charge in [0.25, 0.3) is 5.56 Å². The van der Waals surface area contributed by atoms with Crippen LogP contribution in [0, 0.1) is 0 Å². The zero-order chi connectivity index (χ0) is 20.0. The molecule has 6 heteroatoms. The van der Waals surface area contributed by atoms with Gasteiger partial charge in [-0.25, -0.2) is 14.3 Å². The van der Waals surface area contributed by atoms with Crippen LogP contribution in [0.15, 0.2) is 88.5 Å². The van der Waals surface area contributed by atoms with Crippen LogP contribution in [0.4, 0.5) is 0 Å². The quantitative estimate of drug-likeness (QED) is 0.473. The summed E-state index contributed by atoms with van der Waals surface area (Å²) >= 11 is 6.26. The number of hydrogen-bond acceptors (Lipinski definition) is 3. The first-order valence-electron chi connectivity index (χ1n) is 9.02. The number of halogens is 1. The summed E-state index contributed by atoms with van der Waals surface area (Å²) in [7, 11) is 0. The molecule has 0 aliphatic carbocycles. The molecule has 0 bridgehead atoms. The molecule has 2 heterocycles. The molecule has 0 fully saturated rings. The van der Waals surface area contributed by atoms with E-state index in [0.29, 0.717) is 21.8 Å². The number of rotatable bonds is 2. The zero-order valence-corrected chi connectivity index (χ0v) is 15.9. The van der Waals surface area contributed by atoms with E-state index in [2.05, 4.69) is 9.97 Å². The minimum atomic E-state index is -0.539. The minimum absolute atomic E-state index is 0.230. The van der Waals surface area contributed by atoms with Gasteiger partial charge in [-0.2, -0.15) is 0 Å². The van der Waals surface area contributed by atoms with Crippen molar-refractivity contribution in [2.75, 3.05) is 0 Å². The molecule has 0 saturated carbocycles. The summed E-state index contributed by atoms with van der Waals surface area (Å²) in [6.45, 7) is 0. The molecule has 0 radical (unpaired) electrons. The molecule has 0 aliphatic heterocycles. The number of benzene rings is 3. The van der Waals surface area contributed by atoms with Crippen LogP contribution in [0.1, 0.15) is 0 Å². The maximum Gasteiger partial charge on any atom is 0.334 e. The van der Waals surface area contributed by atoms with Crippen molar-refractivity contribution in [1.82, 2.24) is 14.5 Å². The van der Waals surface area contributed by atoms with Gasteiger partial charge in [0, 0.05) is 16.0 Å². The van der Waals surface area contributed by atoms with Crippen LogP contribution in [0.5, 0.6) is 0 Å². The molecule has 140 valence electrons. The van der Waals surface area contributed by atoms with Gasteiger partial charge in [-0.3, -0.25) is 9.78 Å². The van der Waals surface area contributed by atoms with Gasteiger partial charge >= 0.3 is 5.69 Å². The second-order valence-electron chi connectivity index (χ2n) is 6.64. The Kier molecular flexibility index (Phi) is 4.03. The van der Waals surface area contributed by atoms with Crippen molar-refractivity contribution >= 4 is 33.4 Å². The van der Waals surface area contributed by atoms with Crippen LogP contribution in [0.25, 0.3) is 38.8 Å². The average molecular weight is 400 g/mol. The lowest BCUT2D eigenvalue weighted by Gasteiger charge is -2.10. The smallest absolute Gasteiger partial charge is 0.291 e. The Morgan fingerprint density at radius 3 is 2.41 bits per heavy atom. The van der Waals surface area contributed by atoms with Crippen molar-refractivity contribution in [3.05, 3.63) is 105 Å². The van der Waals surface area contributed by atoms with Crippen LogP contribution in [0.3, 0.4) is 0 Å². The molecular formula is C23H14ClN3O2. The predicted molar refractivity (Wildman–Crippen MR) is 116 cm³/mol. The van der Waals surface area contributed by atoms with Gasteiger partial charge in [0.2, 0.25) is 0 Å². The van der Waals surface area contributed by atoms with Crippen LogP contribution >= 0.6 is 11.6 Å². The summed E-state index contributed by atoms with van der Waals surface area (Å²) in [5.41, 5.74) is 1.12. The van der Waals surface area contributed by atoms with Crippen LogP contribution in [-0.2, 0) is 0 Å². The van der Waals surface area contributed by atoms with Crippen LogP contribution in [0.2, 0.25) is 5.02 Å². The summed E-state index contributed by atoms with van der Waals surface area (Å²) in [5.74, 6) is 0. The monoisotopic (exact) mass is 399 g/mol. The van der Waals surface area contributed by atoms with Crippen molar-refractivity contribution in [3.63, 3.8) is 0 Å². The number of pyridine rings is 1. The van der Waals surface area contributed by atoms with Crippen molar-refractivity contribution < 1.29 is 0 Å². The average Bonchev–Trinajstić information content (AvgIpc) is 2.74. The van der Waals surface area contributed by atoms with Gasteiger partial charge in [0.1, 0.15) is 5.65 Å². The summed E-state index contributed by atoms with van der Waals surface area (Å²) in [5, 5.41) is 2.64. The third kappa shape index (κ3) is 2.83. The third-order valence-corrected chi connectivity index (χ3v) is 5.24. The Hall–Kier alpha value is -3.70. The number of H-pyrrole nitrogens is 1. The maximum absolute atomic E-state index is 13.2. The molecule has 0 unspecified atom stereocenters. The van der Waals surface area contributed by atoms with Gasteiger partial charge in [0.15, 0.2) is 0 Å². The van der Waals surface area contributed by atoms with Crippen molar-refractivity contribution in [2.45, 2.75) is 0 Å². The van der Waals surface area contributed by atoms with Crippen molar-refractivity contribution in [3.8, 4) is 16.9 Å². The molecule has 5 aromatic rings. The number of nitrogens with one attached hydrogen (secondary N) is 1. The molecule has 2 aromatic heterocycles. The molecule has 29 heavy (non-hydrogen) atoms. The zero-order valence-electron chi connectivity index (χ0n) is 15.1. The van der Waals surface area contributed by atoms with E-state index in [1.807, 2.05) is 54.6 Å². The van der Waals surface area contributed by atoms with E-state index >= 15 is 0 Å². The number of aromatic amines is 1. The van der Waals surface area contributed by atoms with E-state index < -0.39 is 11.2 Å². The summed E-state index contributed by atoms with van der Waals surface area (Å²) in [6, 6.07) is 23.8. The van der Waals surface area contributed by atoms with Gasteiger partial charge in [0.05, 0.1) is 16.8 Å². The van der Waals surface area contributed by atoms with Gasteiger partial charge in [-0.1, -0.05) is 66.2 Å². The second-order valence-corrected chi connectivity index (χ2v) is 7.05. The molecule has 0 spiro atoms. The predicted octanol–water partition coefficient (Wildman–Crippen LogP) is 4.55. The summed E-state index contributed by atoms with van der Waals surface area (Å²) in [6.07, 6.45) is 0. The largest absolute Gasteiger partial charge is 0.334 e. The van der Waals surface area contributed by atoms with E-state index in [4.69, 9.17) is 11.6 Å². The standard InChI is InChI=1S/C23H14ClN3O2/c24-18-10-4-3-9-16(18)19-13-12-17-21(25-19)26-23(29)27(22(17)28)20-11-5-7-14-6-1-2-8-15(14)20/h1-13H,(H,25,26,29). The van der Waals surface area contributed by atoms with Crippen LogP contribution in [-0.4, -0.2) is 14.5 Å². The lowest BCUT2D eigenvalue weighted by molar-refractivity contribution is 0.902. The summed E-state index contributed by atoms with van der Waals surface area (Å²) in [4.78, 5) is 33.3. The Labute approximate surface area is 169 Å². The number of hydrogen-bond donors (Lipinski definition) is 1. The molecule has 0 amide bonds. The van der Waals surface area contributed by atoms with E-state index in [1.54, 1.807) is 24.3 Å². The lowest BCUT2D eigenvalue weighted by atomic mass is 10.1. The Morgan fingerprint density at radius 2 is 1.55 bits per heavy atom.